The van der Waals surface area contributed by atoms with Gasteiger partial charge in [0.1, 0.15) is 11.5 Å². The van der Waals surface area contributed by atoms with E-state index in [2.05, 4.69) is 17.6 Å². The highest BCUT2D eigenvalue weighted by Crippen LogP contribution is 2.06. The molecule has 0 aliphatic rings. The van der Waals surface area contributed by atoms with Crippen LogP contribution in [-0.4, -0.2) is 17.9 Å². The van der Waals surface area contributed by atoms with Crippen molar-refractivity contribution in [2.75, 3.05) is 0 Å². The summed E-state index contributed by atoms with van der Waals surface area (Å²) in [5, 5.41) is 5.68. The van der Waals surface area contributed by atoms with Crippen molar-refractivity contribution in [3.8, 4) is 0 Å². The number of furan rings is 1. The molecule has 22 heavy (non-hydrogen) atoms. The fourth-order valence-corrected chi connectivity index (χ4v) is 2.20. The van der Waals surface area contributed by atoms with Crippen LogP contribution in [0.1, 0.15) is 63.9 Å². The summed E-state index contributed by atoms with van der Waals surface area (Å²) in [7, 11) is 0. The van der Waals surface area contributed by atoms with Gasteiger partial charge < -0.3 is 15.1 Å². The summed E-state index contributed by atoms with van der Waals surface area (Å²) in [6.45, 7) is 6.39. The van der Waals surface area contributed by atoms with Crippen LogP contribution in [0.4, 0.5) is 0 Å². The zero-order valence-corrected chi connectivity index (χ0v) is 13.9. The molecule has 1 aromatic heterocycles. The van der Waals surface area contributed by atoms with E-state index in [9.17, 15) is 9.59 Å². The van der Waals surface area contributed by atoms with Gasteiger partial charge >= 0.3 is 0 Å². The fourth-order valence-electron chi connectivity index (χ4n) is 2.20. The Morgan fingerprint density at radius 2 is 1.91 bits per heavy atom. The third kappa shape index (κ3) is 7.86. The molecule has 1 heterocycles. The molecule has 5 heteroatoms. The number of unbranched alkanes of at least 4 members (excludes halogenated alkanes) is 2. The Balaban J connectivity index is 2.13. The smallest absolute Gasteiger partial charge is 0.220 e. The van der Waals surface area contributed by atoms with Crippen LogP contribution in [0, 0.1) is 6.92 Å². The van der Waals surface area contributed by atoms with Gasteiger partial charge in [-0.1, -0.05) is 26.2 Å². The molecule has 1 aromatic rings. The normalized spacial score (nSPS) is 12.0. The number of carbonyl (C=O) groups excluding carboxylic acids is 2. The fraction of sp³-hybridized carbons (Fsp3) is 0.647. The van der Waals surface area contributed by atoms with Crippen LogP contribution in [0.5, 0.6) is 0 Å². The zero-order chi connectivity index (χ0) is 16.4. The molecule has 2 N–H and O–H groups in total. The van der Waals surface area contributed by atoms with Gasteiger partial charge in [-0.2, -0.15) is 0 Å². The summed E-state index contributed by atoms with van der Waals surface area (Å²) < 4.78 is 5.36. The Hall–Kier alpha value is -1.78. The molecule has 1 rings (SSSR count). The van der Waals surface area contributed by atoms with Crippen molar-refractivity contribution in [2.24, 2.45) is 0 Å². The molecule has 0 radical (unpaired) electrons. The summed E-state index contributed by atoms with van der Waals surface area (Å²) in [6, 6.07) is 3.86. The third-order valence-corrected chi connectivity index (χ3v) is 3.48. The van der Waals surface area contributed by atoms with E-state index in [1.165, 1.54) is 12.8 Å². The summed E-state index contributed by atoms with van der Waals surface area (Å²) in [6.07, 6.45) is 4.91. The van der Waals surface area contributed by atoms with Gasteiger partial charge in [0, 0.05) is 18.9 Å². The van der Waals surface area contributed by atoms with Gasteiger partial charge in [-0.15, -0.1) is 0 Å². The lowest BCUT2D eigenvalue weighted by Crippen LogP contribution is -2.33. The number of aryl methyl sites for hydroxylation is 1. The molecule has 2 amide bonds. The second kappa shape index (κ2) is 10.0. The first kappa shape index (κ1) is 18.3. The highest BCUT2D eigenvalue weighted by atomic mass is 16.3. The Morgan fingerprint density at radius 1 is 1.18 bits per heavy atom. The summed E-state index contributed by atoms with van der Waals surface area (Å²) >= 11 is 0. The van der Waals surface area contributed by atoms with Crippen molar-refractivity contribution >= 4 is 11.8 Å². The maximum Gasteiger partial charge on any atom is 0.220 e. The minimum absolute atomic E-state index is 0.0620. The average molecular weight is 308 g/mol. The van der Waals surface area contributed by atoms with Gasteiger partial charge in [-0.3, -0.25) is 9.59 Å². The van der Waals surface area contributed by atoms with Crippen LogP contribution >= 0.6 is 0 Å². The second-order valence-electron chi connectivity index (χ2n) is 5.75. The standard InChI is InChI=1S/C17H28N2O3/c1-4-5-6-7-13(2)19-17(21)11-10-16(20)18-12-15-9-8-14(3)22-15/h8-9,13H,4-7,10-12H2,1-3H3,(H,18,20)(H,19,21)/t13-/m1/s1. The number of nitrogens with one attached hydrogen (secondary N) is 2. The van der Waals surface area contributed by atoms with Crippen LogP contribution in [0.15, 0.2) is 16.5 Å². The Labute approximate surface area is 132 Å². The first-order valence-corrected chi connectivity index (χ1v) is 8.12. The van der Waals surface area contributed by atoms with Crippen LogP contribution in [0.25, 0.3) is 0 Å². The second-order valence-corrected chi connectivity index (χ2v) is 5.75. The SMILES string of the molecule is CCCCC[C@@H](C)NC(=O)CCC(=O)NCc1ccc(C)o1. The van der Waals surface area contributed by atoms with Gasteiger partial charge in [0.15, 0.2) is 0 Å². The zero-order valence-electron chi connectivity index (χ0n) is 13.9. The minimum atomic E-state index is -0.136. The molecule has 0 spiro atoms. The highest BCUT2D eigenvalue weighted by Gasteiger charge is 2.10. The van der Waals surface area contributed by atoms with Gasteiger partial charge in [0.25, 0.3) is 0 Å². The highest BCUT2D eigenvalue weighted by molar-refractivity contribution is 5.83. The molecular weight excluding hydrogens is 280 g/mol. The third-order valence-electron chi connectivity index (χ3n) is 3.48. The molecule has 0 saturated heterocycles. The van der Waals surface area contributed by atoms with Gasteiger partial charge in [0.05, 0.1) is 6.54 Å². The molecule has 0 saturated carbocycles. The monoisotopic (exact) mass is 308 g/mol. The number of hydrogen-bond acceptors (Lipinski definition) is 3. The first-order valence-electron chi connectivity index (χ1n) is 8.12. The molecule has 124 valence electrons. The predicted molar refractivity (Wildman–Crippen MR) is 86.3 cm³/mol. The Morgan fingerprint density at radius 3 is 2.55 bits per heavy atom. The lowest BCUT2D eigenvalue weighted by molar-refractivity contribution is -0.126. The molecule has 0 fully saturated rings. The van der Waals surface area contributed by atoms with E-state index < -0.39 is 0 Å². The molecule has 1 atom stereocenters. The number of carbonyl (C=O) groups is 2. The van der Waals surface area contributed by atoms with Crippen molar-refractivity contribution in [2.45, 2.75) is 71.9 Å². The largest absolute Gasteiger partial charge is 0.465 e. The van der Waals surface area contributed by atoms with E-state index in [0.717, 1.165) is 24.4 Å². The summed E-state index contributed by atoms with van der Waals surface area (Å²) in [5.74, 6) is 1.34. The lowest BCUT2D eigenvalue weighted by atomic mass is 10.1. The molecule has 0 unspecified atom stereocenters. The van der Waals surface area contributed by atoms with Crippen molar-refractivity contribution in [1.82, 2.24) is 10.6 Å². The number of amides is 2. The first-order chi connectivity index (χ1) is 10.5. The van der Waals surface area contributed by atoms with Crippen molar-refractivity contribution in [1.29, 1.82) is 0 Å². The minimum Gasteiger partial charge on any atom is -0.465 e. The van der Waals surface area contributed by atoms with Crippen molar-refractivity contribution < 1.29 is 14.0 Å². The van der Waals surface area contributed by atoms with Crippen LogP contribution in [-0.2, 0) is 16.1 Å². The van der Waals surface area contributed by atoms with Gasteiger partial charge in [-0.25, -0.2) is 0 Å². The molecule has 5 nitrogen and oxygen atoms in total. The van der Waals surface area contributed by atoms with E-state index >= 15 is 0 Å². The topological polar surface area (TPSA) is 71.3 Å². The predicted octanol–water partition coefficient (Wildman–Crippen LogP) is 3.07. The molecule has 0 aromatic carbocycles. The number of rotatable bonds is 10. The Kier molecular flexibility index (Phi) is 8.33. The van der Waals surface area contributed by atoms with E-state index in [1.54, 1.807) is 0 Å². The maximum absolute atomic E-state index is 11.8. The van der Waals surface area contributed by atoms with E-state index in [4.69, 9.17) is 4.42 Å². The van der Waals surface area contributed by atoms with Crippen LogP contribution in [0.2, 0.25) is 0 Å². The average Bonchev–Trinajstić information content (AvgIpc) is 2.89. The van der Waals surface area contributed by atoms with Crippen molar-refractivity contribution in [3.05, 3.63) is 23.7 Å². The van der Waals surface area contributed by atoms with E-state index in [1.807, 2.05) is 26.0 Å². The molecule has 0 aliphatic carbocycles. The van der Waals surface area contributed by atoms with E-state index in [0.29, 0.717) is 6.54 Å². The molecule has 0 aliphatic heterocycles. The Bertz CT molecular complexity index is 468. The molecular formula is C17H28N2O3. The maximum atomic E-state index is 11.8. The van der Waals surface area contributed by atoms with Crippen LogP contribution < -0.4 is 10.6 Å². The van der Waals surface area contributed by atoms with Gasteiger partial charge in [0.2, 0.25) is 11.8 Å². The number of hydrogen-bond donors (Lipinski definition) is 2. The van der Waals surface area contributed by atoms with Gasteiger partial charge in [-0.05, 0) is 32.4 Å². The van der Waals surface area contributed by atoms with Crippen LogP contribution in [0.3, 0.4) is 0 Å². The summed E-state index contributed by atoms with van der Waals surface area (Å²) in [4.78, 5) is 23.5. The lowest BCUT2D eigenvalue weighted by Gasteiger charge is -2.13. The van der Waals surface area contributed by atoms with Crippen molar-refractivity contribution in [3.63, 3.8) is 0 Å². The molecule has 0 bridgehead atoms. The quantitative estimate of drug-likeness (QED) is 0.653. The van der Waals surface area contributed by atoms with E-state index in [-0.39, 0.29) is 30.7 Å². The summed E-state index contributed by atoms with van der Waals surface area (Å²) in [5.41, 5.74) is 0.